The van der Waals surface area contributed by atoms with Crippen molar-refractivity contribution in [1.82, 2.24) is 5.32 Å². The van der Waals surface area contributed by atoms with Crippen LogP contribution in [-0.2, 0) is 0 Å². The van der Waals surface area contributed by atoms with E-state index in [2.05, 4.69) is 41.8 Å². The van der Waals surface area contributed by atoms with Crippen LogP contribution in [0.4, 0.5) is 5.69 Å². The largest absolute Gasteiger partial charge is 0.497 e. The topological polar surface area (TPSA) is 42.5 Å². The van der Waals surface area contributed by atoms with Gasteiger partial charge in [-0.2, -0.15) is 0 Å². The Kier molecular flexibility index (Phi) is 6.10. The maximum atomic E-state index is 5.35. The van der Waals surface area contributed by atoms with Crippen LogP contribution in [0.3, 0.4) is 0 Å². The number of benzene rings is 2. The van der Waals surface area contributed by atoms with E-state index in [0.717, 1.165) is 30.3 Å². The second kappa shape index (κ2) is 8.29. The van der Waals surface area contributed by atoms with E-state index in [-0.39, 0.29) is 0 Å². The van der Waals surface area contributed by atoms with Crippen molar-refractivity contribution in [2.45, 2.75) is 13.0 Å². The number of methoxy groups -OCH3 is 2. The summed E-state index contributed by atoms with van der Waals surface area (Å²) in [5.41, 5.74) is 2.23. The van der Waals surface area contributed by atoms with Crippen LogP contribution in [0.25, 0.3) is 0 Å². The zero-order valence-corrected chi connectivity index (χ0v) is 13.4. The molecule has 0 amide bonds. The van der Waals surface area contributed by atoms with E-state index in [9.17, 15) is 0 Å². The number of nitrogens with one attached hydrogen (secondary N) is 2. The molecule has 2 N–H and O–H groups in total. The first-order valence-electron chi connectivity index (χ1n) is 7.49. The Labute approximate surface area is 132 Å². The Morgan fingerprint density at radius 2 is 1.73 bits per heavy atom. The summed E-state index contributed by atoms with van der Waals surface area (Å²) in [6, 6.07) is 16.5. The van der Waals surface area contributed by atoms with Crippen molar-refractivity contribution in [2.75, 3.05) is 32.6 Å². The third kappa shape index (κ3) is 4.40. The summed E-state index contributed by atoms with van der Waals surface area (Å²) in [6.45, 7) is 3.83. The quantitative estimate of drug-likeness (QED) is 0.733. The predicted octanol–water partition coefficient (Wildman–Crippen LogP) is 3.47. The van der Waals surface area contributed by atoms with E-state index >= 15 is 0 Å². The van der Waals surface area contributed by atoms with Gasteiger partial charge in [0.15, 0.2) is 0 Å². The van der Waals surface area contributed by atoms with Crippen molar-refractivity contribution >= 4 is 5.69 Å². The molecule has 22 heavy (non-hydrogen) atoms. The highest BCUT2D eigenvalue weighted by atomic mass is 16.5. The Hall–Kier alpha value is -2.20. The molecule has 4 nitrogen and oxygen atoms in total. The predicted molar refractivity (Wildman–Crippen MR) is 90.9 cm³/mol. The Morgan fingerprint density at radius 1 is 0.955 bits per heavy atom. The molecule has 0 bridgehead atoms. The molecule has 1 atom stereocenters. The average molecular weight is 300 g/mol. The molecule has 0 aromatic heterocycles. The highest BCUT2D eigenvalue weighted by Crippen LogP contribution is 2.28. The smallest absolute Gasteiger partial charge is 0.142 e. The molecular formula is C18H24N2O2. The third-order valence-electron chi connectivity index (χ3n) is 3.60. The van der Waals surface area contributed by atoms with Gasteiger partial charge in [0.25, 0.3) is 0 Å². The Balaban J connectivity index is 1.83. The van der Waals surface area contributed by atoms with Gasteiger partial charge in [0.2, 0.25) is 0 Å². The molecule has 4 heteroatoms. The van der Waals surface area contributed by atoms with Gasteiger partial charge in [-0.05, 0) is 24.6 Å². The summed E-state index contributed by atoms with van der Waals surface area (Å²) in [5, 5.41) is 6.88. The second-order valence-electron chi connectivity index (χ2n) is 5.08. The van der Waals surface area contributed by atoms with Crippen LogP contribution in [0.1, 0.15) is 18.5 Å². The molecule has 2 rings (SSSR count). The van der Waals surface area contributed by atoms with Crippen molar-refractivity contribution < 1.29 is 9.47 Å². The lowest BCUT2D eigenvalue weighted by molar-refractivity contribution is 0.404. The van der Waals surface area contributed by atoms with Gasteiger partial charge in [-0.1, -0.05) is 30.3 Å². The van der Waals surface area contributed by atoms with Crippen molar-refractivity contribution in [3.05, 3.63) is 54.1 Å². The molecule has 0 heterocycles. The van der Waals surface area contributed by atoms with Crippen molar-refractivity contribution in [3.8, 4) is 11.5 Å². The normalized spacial score (nSPS) is 11.8. The zero-order valence-electron chi connectivity index (χ0n) is 13.4. The van der Waals surface area contributed by atoms with E-state index in [4.69, 9.17) is 9.47 Å². The summed E-state index contributed by atoms with van der Waals surface area (Å²) >= 11 is 0. The minimum atomic E-state index is 0.329. The standard InChI is InChI=1S/C18H24N2O2/c1-14(15-7-5-4-6-8-15)19-11-12-20-17-13-16(21-2)9-10-18(17)22-3/h4-10,13-14,19-20H,11-12H2,1-3H3. The maximum Gasteiger partial charge on any atom is 0.142 e. The minimum Gasteiger partial charge on any atom is -0.497 e. The van der Waals surface area contributed by atoms with Gasteiger partial charge in [0, 0.05) is 25.2 Å². The molecular weight excluding hydrogens is 276 g/mol. The van der Waals surface area contributed by atoms with Crippen LogP contribution < -0.4 is 20.1 Å². The monoisotopic (exact) mass is 300 g/mol. The maximum absolute atomic E-state index is 5.35. The summed E-state index contributed by atoms with van der Waals surface area (Å²) in [7, 11) is 3.33. The van der Waals surface area contributed by atoms with Gasteiger partial charge in [0.05, 0.1) is 19.9 Å². The fourth-order valence-electron chi connectivity index (χ4n) is 2.30. The van der Waals surface area contributed by atoms with E-state index in [1.807, 2.05) is 24.3 Å². The highest BCUT2D eigenvalue weighted by Gasteiger charge is 2.06. The second-order valence-corrected chi connectivity index (χ2v) is 5.08. The molecule has 0 aliphatic rings. The van der Waals surface area contributed by atoms with Crippen molar-refractivity contribution in [2.24, 2.45) is 0 Å². The van der Waals surface area contributed by atoms with Crippen LogP contribution >= 0.6 is 0 Å². The summed E-state index contributed by atoms with van der Waals surface area (Å²) in [4.78, 5) is 0. The fourth-order valence-corrected chi connectivity index (χ4v) is 2.30. The van der Waals surface area contributed by atoms with E-state index < -0.39 is 0 Å². The fraction of sp³-hybridized carbons (Fsp3) is 0.333. The molecule has 0 aliphatic heterocycles. The lowest BCUT2D eigenvalue weighted by Gasteiger charge is -2.16. The van der Waals surface area contributed by atoms with Gasteiger partial charge < -0.3 is 20.1 Å². The number of hydrogen-bond acceptors (Lipinski definition) is 4. The van der Waals surface area contributed by atoms with E-state index in [1.165, 1.54) is 5.56 Å². The summed E-state index contributed by atoms with van der Waals surface area (Å²) < 4.78 is 10.6. The molecule has 2 aromatic rings. The Morgan fingerprint density at radius 3 is 2.41 bits per heavy atom. The number of anilines is 1. The molecule has 118 valence electrons. The first-order valence-corrected chi connectivity index (χ1v) is 7.49. The molecule has 2 aromatic carbocycles. The lowest BCUT2D eigenvalue weighted by Crippen LogP contribution is -2.25. The van der Waals surface area contributed by atoms with Gasteiger partial charge in [-0.25, -0.2) is 0 Å². The molecule has 1 unspecified atom stereocenters. The van der Waals surface area contributed by atoms with E-state index in [1.54, 1.807) is 14.2 Å². The number of hydrogen-bond donors (Lipinski definition) is 2. The lowest BCUT2D eigenvalue weighted by atomic mass is 10.1. The summed E-state index contributed by atoms with van der Waals surface area (Å²) in [6.07, 6.45) is 0. The molecule has 0 aliphatic carbocycles. The van der Waals surface area contributed by atoms with Crippen LogP contribution in [-0.4, -0.2) is 27.3 Å². The average Bonchev–Trinajstić information content (AvgIpc) is 2.59. The van der Waals surface area contributed by atoms with Crippen LogP contribution in [0.2, 0.25) is 0 Å². The van der Waals surface area contributed by atoms with E-state index in [0.29, 0.717) is 6.04 Å². The minimum absolute atomic E-state index is 0.329. The number of ether oxygens (including phenoxy) is 2. The van der Waals surface area contributed by atoms with Gasteiger partial charge in [0.1, 0.15) is 11.5 Å². The molecule has 0 saturated heterocycles. The van der Waals surface area contributed by atoms with Crippen LogP contribution in [0.5, 0.6) is 11.5 Å². The first kappa shape index (κ1) is 16.2. The summed E-state index contributed by atoms with van der Waals surface area (Å²) in [5.74, 6) is 1.63. The van der Waals surface area contributed by atoms with Crippen LogP contribution in [0, 0.1) is 0 Å². The van der Waals surface area contributed by atoms with Gasteiger partial charge in [-0.15, -0.1) is 0 Å². The zero-order chi connectivity index (χ0) is 15.8. The Bertz CT molecular complexity index is 573. The SMILES string of the molecule is COc1ccc(OC)c(NCCNC(C)c2ccccc2)c1. The van der Waals surface area contributed by atoms with Gasteiger partial charge >= 0.3 is 0 Å². The van der Waals surface area contributed by atoms with Gasteiger partial charge in [-0.3, -0.25) is 0 Å². The molecule has 0 saturated carbocycles. The number of rotatable bonds is 8. The van der Waals surface area contributed by atoms with Crippen LogP contribution in [0.15, 0.2) is 48.5 Å². The molecule has 0 fully saturated rings. The molecule has 0 radical (unpaired) electrons. The molecule has 0 spiro atoms. The highest BCUT2D eigenvalue weighted by molar-refractivity contribution is 5.59. The van der Waals surface area contributed by atoms with Crippen molar-refractivity contribution in [1.29, 1.82) is 0 Å². The third-order valence-corrected chi connectivity index (χ3v) is 3.60. The van der Waals surface area contributed by atoms with Crippen molar-refractivity contribution in [3.63, 3.8) is 0 Å². The first-order chi connectivity index (χ1) is 10.7.